The molecule has 0 unspecified atom stereocenters. The van der Waals surface area contributed by atoms with Gasteiger partial charge in [0.2, 0.25) is 5.95 Å². The second kappa shape index (κ2) is 5.65. The maximum absolute atomic E-state index is 5.83. The van der Waals surface area contributed by atoms with Crippen molar-refractivity contribution >= 4 is 62.4 Å². The van der Waals surface area contributed by atoms with E-state index in [0.717, 1.165) is 25.6 Å². The Balaban J connectivity index is 1.60. The van der Waals surface area contributed by atoms with Crippen molar-refractivity contribution in [2.24, 2.45) is 0 Å². The smallest absolute Gasteiger partial charge is 0.224 e. The minimum absolute atomic E-state index is 0.0855. The molecule has 0 aliphatic carbocycles. The summed E-state index contributed by atoms with van der Waals surface area (Å²) in [4.78, 5) is 19.7. The number of rotatable bonds is 3. The van der Waals surface area contributed by atoms with Crippen LogP contribution in [0.2, 0.25) is 0 Å². The highest BCUT2D eigenvalue weighted by molar-refractivity contribution is 7.73. The Morgan fingerprint density at radius 3 is 2.96 bits per heavy atom. The Kier molecular flexibility index (Phi) is 3.47. The van der Waals surface area contributed by atoms with Crippen molar-refractivity contribution in [1.29, 1.82) is 0 Å². The van der Waals surface area contributed by atoms with Gasteiger partial charge in [-0.25, -0.2) is 9.97 Å². The van der Waals surface area contributed by atoms with Gasteiger partial charge in [-0.15, -0.1) is 11.3 Å². The molecule has 10 heteroatoms. The number of aromatic nitrogens is 5. The molecule has 3 heterocycles. The van der Waals surface area contributed by atoms with Gasteiger partial charge in [0.25, 0.3) is 0 Å². The summed E-state index contributed by atoms with van der Waals surface area (Å²) >= 11 is 6.69. The Labute approximate surface area is 145 Å². The summed E-state index contributed by atoms with van der Waals surface area (Å²) in [7, 11) is 0. The number of anilines is 3. The first-order valence-electron chi connectivity index (χ1n) is 7.00. The third-order valence-electron chi connectivity index (χ3n) is 3.40. The number of nitrogen functional groups attached to an aromatic ring is 2. The van der Waals surface area contributed by atoms with Crippen molar-refractivity contribution in [3.63, 3.8) is 0 Å². The monoisotopic (exact) mass is 356 g/mol. The fourth-order valence-corrected chi connectivity index (χ4v) is 3.47. The molecule has 4 rings (SSSR count). The molecular formula is C14H12N8S2. The third-order valence-corrected chi connectivity index (χ3v) is 4.59. The number of thiazole rings is 1. The molecular weight excluding hydrogens is 344 g/mol. The predicted molar refractivity (Wildman–Crippen MR) is 98.3 cm³/mol. The molecule has 0 fully saturated rings. The van der Waals surface area contributed by atoms with Gasteiger partial charge in [0.15, 0.2) is 20.9 Å². The molecule has 4 aromatic rings. The average Bonchev–Trinajstić information content (AvgIpc) is 2.92. The molecule has 1 aromatic carbocycles. The van der Waals surface area contributed by atoms with Gasteiger partial charge >= 0.3 is 0 Å². The lowest BCUT2D eigenvalue weighted by Crippen LogP contribution is -2.06. The zero-order valence-electron chi connectivity index (χ0n) is 12.3. The summed E-state index contributed by atoms with van der Waals surface area (Å²) in [6.07, 6.45) is 1.64. The summed E-state index contributed by atoms with van der Waals surface area (Å²) in [6, 6.07) is 6.01. The maximum atomic E-state index is 5.83. The van der Waals surface area contributed by atoms with Gasteiger partial charge in [-0.3, -0.25) is 0 Å². The molecule has 3 aromatic heterocycles. The summed E-state index contributed by atoms with van der Waals surface area (Å²) in [6.45, 7) is 0.494. The number of fused-ring (bicyclic) bond motifs is 2. The SMILES string of the molecule is Nc1nc(N)c2nc(CNc3ccc4[nH]c(=S)sc4c3)cnc2n1. The number of hydrogen-bond acceptors (Lipinski definition) is 9. The Morgan fingerprint density at radius 2 is 2.08 bits per heavy atom. The summed E-state index contributed by atoms with van der Waals surface area (Å²) in [5.74, 6) is 0.308. The van der Waals surface area contributed by atoms with E-state index >= 15 is 0 Å². The molecule has 0 bridgehead atoms. The van der Waals surface area contributed by atoms with Crippen molar-refractivity contribution in [3.8, 4) is 0 Å². The van der Waals surface area contributed by atoms with Crippen LogP contribution >= 0.6 is 23.6 Å². The number of hydrogen-bond donors (Lipinski definition) is 4. The van der Waals surface area contributed by atoms with Gasteiger partial charge in [0.05, 0.1) is 28.7 Å². The number of nitrogens with one attached hydrogen (secondary N) is 2. The molecule has 120 valence electrons. The van der Waals surface area contributed by atoms with Crippen LogP contribution in [0.15, 0.2) is 24.4 Å². The molecule has 24 heavy (non-hydrogen) atoms. The molecule has 0 radical (unpaired) electrons. The molecule has 0 aliphatic heterocycles. The standard InChI is InChI=1S/C14H12N8S2/c15-11-10-12(22-13(16)21-11)18-5-7(19-10)4-17-6-1-2-8-9(3-6)24-14(23)20-8/h1-3,5,17H,4H2,(H,20,23)(H4,15,16,18,21,22). The van der Waals surface area contributed by atoms with Crippen LogP contribution < -0.4 is 16.8 Å². The lowest BCUT2D eigenvalue weighted by molar-refractivity contribution is 1.03. The van der Waals surface area contributed by atoms with Crippen molar-refractivity contribution in [2.75, 3.05) is 16.8 Å². The largest absolute Gasteiger partial charge is 0.382 e. The summed E-state index contributed by atoms with van der Waals surface area (Å²) in [5, 5.41) is 3.31. The van der Waals surface area contributed by atoms with E-state index in [1.807, 2.05) is 18.2 Å². The summed E-state index contributed by atoms with van der Waals surface area (Å²) < 4.78 is 1.86. The average molecular weight is 356 g/mol. The van der Waals surface area contributed by atoms with E-state index in [2.05, 4.69) is 30.2 Å². The van der Waals surface area contributed by atoms with Gasteiger partial charge in [-0.1, -0.05) is 0 Å². The number of nitrogens with zero attached hydrogens (tertiary/aromatic N) is 4. The van der Waals surface area contributed by atoms with Gasteiger partial charge < -0.3 is 21.8 Å². The van der Waals surface area contributed by atoms with E-state index in [-0.39, 0.29) is 11.8 Å². The highest BCUT2D eigenvalue weighted by Crippen LogP contribution is 2.23. The third kappa shape index (κ3) is 2.72. The first-order chi connectivity index (χ1) is 11.6. The lowest BCUT2D eigenvalue weighted by Gasteiger charge is -2.07. The molecule has 8 nitrogen and oxygen atoms in total. The zero-order valence-corrected chi connectivity index (χ0v) is 13.9. The van der Waals surface area contributed by atoms with E-state index in [9.17, 15) is 0 Å². The minimum Gasteiger partial charge on any atom is -0.382 e. The first-order valence-corrected chi connectivity index (χ1v) is 8.22. The predicted octanol–water partition coefficient (Wildman–Crippen LogP) is 2.47. The topological polar surface area (TPSA) is 131 Å². The Bertz CT molecular complexity index is 1120. The zero-order chi connectivity index (χ0) is 16.7. The molecule has 0 aliphatic rings. The molecule has 6 N–H and O–H groups in total. The molecule has 0 spiro atoms. The molecule has 0 saturated heterocycles. The second-order valence-corrected chi connectivity index (χ2v) is 6.80. The minimum atomic E-state index is 0.0855. The highest BCUT2D eigenvalue weighted by Gasteiger charge is 2.08. The number of H-pyrrole nitrogens is 1. The summed E-state index contributed by atoms with van der Waals surface area (Å²) in [5.41, 5.74) is 14.9. The van der Waals surface area contributed by atoms with Crippen molar-refractivity contribution < 1.29 is 0 Å². The highest BCUT2D eigenvalue weighted by atomic mass is 32.1. The lowest BCUT2D eigenvalue weighted by atomic mass is 10.3. The molecule has 0 atom stereocenters. The van der Waals surface area contributed by atoms with E-state index in [4.69, 9.17) is 23.7 Å². The fourth-order valence-electron chi connectivity index (χ4n) is 2.32. The van der Waals surface area contributed by atoms with Gasteiger partial charge in [-0.05, 0) is 30.4 Å². The van der Waals surface area contributed by atoms with Crippen LogP contribution in [0.3, 0.4) is 0 Å². The van der Waals surface area contributed by atoms with Crippen LogP contribution in [0.25, 0.3) is 21.4 Å². The van der Waals surface area contributed by atoms with E-state index in [1.54, 1.807) is 6.20 Å². The fraction of sp³-hybridized carbons (Fsp3) is 0.0714. The number of aromatic amines is 1. The van der Waals surface area contributed by atoms with Crippen LogP contribution in [0, 0.1) is 3.95 Å². The second-order valence-electron chi connectivity index (χ2n) is 5.08. The van der Waals surface area contributed by atoms with Crippen molar-refractivity contribution in [2.45, 2.75) is 6.54 Å². The quantitative estimate of drug-likeness (QED) is 0.412. The van der Waals surface area contributed by atoms with Crippen LogP contribution in [-0.2, 0) is 6.54 Å². The van der Waals surface area contributed by atoms with E-state index in [0.29, 0.717) is 17.7 Å². The van der Waals surface area contributed by atoms with Crippen LogP contribution in [0.5, 0.6) is 0 Å². The van der Waals surface area contributed by atoms with Crippen LogP contribution in [0.1, 0.15) is 5.69 Å². The van der Waals surface area contributed by atoms with Gasteiger partial charge in [0, 0.05) is 5.69 Å². The van der Waals surface area contributed by atoms with Gasteiger partial charge in [0.1, 0.15) is 0 Å². The van der Waals surface area contributed by atoms with Gasteiger partial charge in [-0.2, -0.15) is 9.97 Å². The first kappa shape index (κ1) is 14.7. The van der Waals surface area contributed by atoms with E-state index in [1.165, 1.54) is 11.3 Å². The normalized spacial score (nSPS) is 11.2. The van der Waals surface area contributed by atoms with Crippen molar-refractivity contribution in [1.82, 2.24) is 24.9 Å². The molecule has 0 saturated carbocycles. The maximum Gasteiger partial charge on any atom is 0.224 e. The molecule has 0 amide bonds. The Hall–Kier alpha value is -2.85. The van der Waals surface area contributed by atoms with Crippen molar-refractivity contribution in [3.05, 3.63) is 34.0 Å². The van der Waals surface area contributed by atoms with Crippen LogP contribution in [0.4, 0.5) is 17.5 Å². The number of benzene rings is 1. The Morgan fingerprint density at radius 1 is 1.21 bits per heavy atom. The van der Waals surface area contributed by atoms with E-state index < -0.39 is 0 Å². The number of nitrogens with two attached hydrogens (primary N) is 2. The van der Waals surface area contributed by atoms with Crippen LogP contribution in [-0.4, -0.2) is 24.9 Å².